The fourth-order valence-electron chi connectivity index (χ4n) is 4.40. The van der Waals surface area contributed by atoms with E-state index in [4.69, 9.17) is 4.74 Å². The summed E-state index contributed by atoms with van der Waals surface area (Å²) in [5.41, 5.74) is 6.69. The van der Waals surface area contributed by atoms with Gasteiger partial charge in [-0.1, -0.05) is 38.3 Å². The van der Waals surface area contributed by atoms with Crippen LogP contribution in [0.5, 0.6) is 23.0 Å². The summed E-state index contributed by atoms with van der Waals surface area (Å²) in [6, 6.07) is 9.42. The predicted octanol–water partition coefficient (Wildman–Crippen LogP) is 4.30. The van der Waals surface area contributed by atoms with Crippen molar-refractivity contribution in [1.29, 1.82) is 0 Å². The van der Waals surface area contributed by atoms with Gasteiger partial charge in [0.15, 0.2) is 23.0 Å². The largest absolute Gasteiger partial charge is 0.504 e. The fraction of sp³-hybridized carbons (Fsp3) is 0.520. The predicted molar refractivity (Wildman–Crippen MR) is 123 cm³/mol. The molecule has 0 amide bonds. The van der Waals surface area contributed by atoms with Gasteiger partial charge in [-0.2, -0.15) is 0 Å². The molecule has 6 nitrogen and oxygen atoms in total. The van der Waals surface area contributed by atoms with Crippen LogP contribution in [0.1, 0.15) is 55.7 Å². The summed E-state index contributed by atoms with van der Waals surface area (Å²) in [5.74, 6) is 0.667. The molecule has 3 rings (SSSR count). The lowest BCUT2D eigenvalue weighted by Gasteiger charge is -2.36. The number of nitrogens with zero attached hydrogens (tertiary/aromatic N) is 1. The van der Waals surface area contributed by atoms with Crippen LogP contribution in [-0.4, -0.2) is 46.6 Å². The van der Waals surface area contributed by atoms with Crippen molar-refractivity contribution in [1.82, 2.24) is 10.4 Å². The van der Waals surface area contributed by atoms with Crippen LogP contribution in [0, 0.1) is 0 Å². The van der Waals surface area contributed by atoms with Crippen LogP contribution in [-0.2, 0) is 19.3 Å². The summed E-state index contributed by atoms with van der Waals surface area (Å²) in [7, 11) is 1.55. The van der Waals surface area contributed by atoms with E-state index in [0.717, 1.165) is 61.9 Å². The van der Waals surface area contributed by atoms with Crippen molar-refractivity contribution in [3.63, 3.8) is 0 Å². The molecule has 170 valence electrons. The highest BCUT2D eigenvalue weighted by Crippen LogP contribution is 2.36. The van der Waals surface area contributed by atoms with Gasteiger partial charge in [0.25, 0.3) is 0 Å². The Morgan fingerprint density at radius 1 is 1.06 bits per heavy atom. The highest BCUT2D eigenvalue weighted by molar-refractivity contribution is 5.50. The second-order valence-electron chi connectivity index (χ2n) is 8.39. The Balaban J connectivity index is 1.62. The van der Waals surface area contributed by atoms with Crippen molar-refractivity contribution in [3.8, 4) is 23.0 Å². The maximum Gasteiger partial charge on any atom is 0.160 e. The number of hydrazine groups is 1. The van der Waals surface area contributed by atoms with Crippen molar-refractivity contribution >= 4 is 0 Å². The van der Waals surface area contributed by atoms with Crippen LogP contribution in [0.4, 0.5) is 0 Å². The Bertz CT molecular complexity index is 856. The zero-order valence-corrected chi connectivity index (χ0v) is 18.7. The van der Waals surface area contributed by atoms with E-state index in [-0.39, 0.29) is 17.2 Å². The lowest BCUT2D eigenvalue weighted by atomic mass is 9.87. The minimum absolute atomic E-state index is 0.0329. The Kier molecular flexibility index (Phi) is 8.43. The van der Waals surface area contributed by atoms with Gasteiger partial charge in [-0.05, 0) is 61.4 Å². The molecular formula is C25H36N2O4. The van der Waals surface area contributed by atoms with Crippen LogP contribution in [0.15, 0.2) is 30.3 Å². The van der Waals surface area contributed by atoms with E-state index in [2.05, 4.69) is 17.4 Å². The molecule has 2 aromatic carbocycles. The number of ether oxygens (including phenoxy) is 1. The number of phenolic OH excluding ortho intramolecular Hbond substituents is 3. The summed E-state index contributed by atoms with van der Waals surface area (Å²) >= 11 is 0. The van der Waals surface area contributed by atoms with E-state index in [1.165, 1.54) is 19.3 Å². The first kappa shape index (κ1) is 23.2. The molecule has 1 atom stereocenters. The van der Waals surface area contributed by atoms with Crippen molar-refractivity contribution in [3.05, 3.63) is 47.0 Å². The number of benzene rings is 2. The molecule has 1 aliphatic rings. The van der Waals surface area contributed by atoms with Gasteiger partial charge in [-0.15, -0.1) is 0 Å². The third-order valence-corrected chi connectivity index (χ3v) is 6.21. The molecule has 2 aromatic rings. The van der Waals surface area contributed by atoms with Gasteiger partial charge in [-0.3, -0.25) is 5.43 Å². The number of rotatable bonds is 11. The highest BCUT2D eigenvalue weighted by atomic mass is 16.5. The third kappa shape index (κ3) is 6.05. The first-order valence-corrected chi connectivity index (χ1v) is 11.4. The number of phenols is 3. The van der Waals surface area contributed by atoms with Crippen LogP contribution in [0.25, 0.3) is 0 Å². The summed E-state index contributed by atoms with van der Waals surface area (Å²) < 4.78 is 5.12. The molecule has 0 spiro atoms. The van der Waals surface area contributed by atoms with Gasteiger partial charge in [0.2, 0.25) is 0 Å². The second kappa shape index (κ2) is 11.3. The van der Waals surface area contributed by atoms with Gasteiger partial charge in [0.1, 0.15) is 0 Å². The molecule has 0 radical (unpaired) electrons. The zero-order valence-electron chi connectivity index (χ0n) is 18.7. The van der Waals surface area contributed by atoms with Crippen LogP contribution < -0.4 is 10.2 Å². The molecule has 0 saturated carbocycles. The molecule has 0 aliphatic heterocycles. The molecule has 0 heterocycles. The summed E-state index contributed by atoms with van der Waals surface area (Å²) in [6.45, 7) is 3.99. The molecule has 0 bridgehead atoms. The van der Waals surface area contributed by atoms with E-state index in [9.17, 15) is 15.3 Å². The molecule has 1 aliphatic carbocycles. The quantitative estimate of drug-likeness (QED) is 0.243. The maximum absolute atomic E-state index is 10.2. The van der Waals surface area contributed by atoms with Gasteiger partial charge in [0, 0.05) is 24.7 Å². The number of unbranched alkanes of at least 4 members (excludes halogenated alkanes) is 3. The van der Waals surface area contributed by atoms with E-state index in [0.29, 0.717) is 11.8 Å². The highest BCUT2D eigenvalue weighted by Gasteiger charge is 2.26. The first-order valence-electron chi connectivity index (χ1n) is 11.4. The van der Waals surface area contributed by atoms with Gasteiger partial charge in [0.05, 0.1) is 7.11 Å². The minimum Gasteiger partial charge on any atom is -0.504 e. The molecule has 1 unspecified atom stereocenters. The van der Waals surface area contributed by atoms with Crippen LogP contribution in [0.3, 0.4) is 0 Å². The SMILES string of the molecule is CCCCCCN(NCCc1ccc(OC)c(O)c1)C1CCc2c(ccc(O)c2O)C1. The van der Waals surface area contributed by atoms with Crippen molar-refractivity contribution in [2.75, 3.05) is 20.2 Å². The van der Waals surface area contributed by atoms with Crippen LogP contribution >= 0.6 is 0 Å². The molecule has 0 aromatic heterocycles. The normalized spacial score (nSPS) is 15.8. The van der Waals surface area contributed by atoms with Crippen molar-refractivity contribution < 1.29 is 20.1 Å². The monoisotopic (exact) mass is 428 g/mol. The maximum atomic E-state index is 10.2. The third-order valence-electron chi connectivity index (χ3n) is 6.21. The molecule has 0 fully saturated rings. The molecule has 6 heteroatoms. The Morgan fingerprint density at radius 3 is 2.65 bits per heavy atom. The Labute approximate surface area is 185 Å². The van der Waals surface area contributed by atoms with E-state index < -0.39 is 0 Å². The average molecular weight is 429 g/mol. The first-order chi connectivity index (χ1) is 15.0. The topological polar surface area (TPSA) is 85.2 Å². The van der Waals surface area contributed by atoms with Crippen LogP contribution in [0.2, 0.25) is 0 Å². The standard InChI is InChI=1S/C25H36N2O4/c1-3-4-5-6-15-27(26-14-13-18-7-12-24(31-2)23(29)16-18)20-9-10-21-19(17-20)8-11-22(28)25(21)30/h7-8,11-12,16,20,26,28-30H,3-6,9-10,13-15,17H2,1-2H3. The molecule has 0 saturated heterocycles. The summed E-state index contributed by atoms with van der Waals surface area (Å²) in [5, 5.41) is 32.4. The smallest absolute Gasteiger partial charge is 0.160 e. The van der Waals surface area contributed by atoms with E-state index >= 15 is 0 Å². The van der Waals surface area contributed by atoms with Crippen molar-refractivity contribution in [2.24, 2.45) is 0 Å². The van der Waals surface area contributed by atoms with Gasteiger partial charge in [-0.25, -0.2) is 5.01 Å². The summed E-state index contributed by atoms with van der Waals surface area (Å²) in [4.78, 5) is 0. The lowest BCUT2D eigenvalue weighted by Crippen LogP contribution is -2.49. The second-order valence-corrected chi connectivity index (χ2v) is 8.39. The average Bonchev–Trinajstić information content (AvgIpc) is 2.78. The van der Waals surface area contributed by atoms with E-state index in [1.807, 2.05) is 12.1 Å². The van der Waals surface area contributed by atoms with Gasteiger partial charge >= 0.3 is 0 Å². The zero-order chi connectivity index (χ0) is 22.2. The number of nitrogens with one attached hydrogen (secondary N) is 1. The van der Waals surface area contributed by atoms with Gasteiger partial charge < -0.3 is 20.1 Å². The number of fused-ring (bicyclic) bond motifs is 1. The molecule has 31 heavy (non-hydrogen) atoms. The number of hydrogen-bond acceptors (Lipinski definition) is 6. The minimum atomic E-state index is -0.0329. The molecular weight excluding hydrogens is 392 g/mol. The fourth-order valence-corrected chi connectivity index (χ4v) is 4.40. The van der Waals surface area contributed by atoms with E-state index in [1.54, 1.807) is 25.3 Å². The number of hydrogen-bond donors (Lipinski definition) is 4. The Morgan fingerprint density at radius 2 is 1.90 bits per heavy atom. The number of aromatic hydroxyl groups is 3. The number of methoxy groups -OCH3 is 1. The lowest BCUT2D eigenvalue weighted by molar-refractivity contribution is 0.109. The van der Waals surface area contributed by atoms with Crippen molar-refractivity contribution in [2.45, 2.75) is 64.3 Å². The summed E-state index contributed by atoms with van der Waals surface area (Å²) in [6.07, 6.45) is 8.20. The Hall–Kier alpha value is -2.44. The molecule has 4 N–H and O–H groups in total.